The van der Waals surface area contributed by atoms with E-state index in [9.17, 15) is 4.79 Å². The molecule has 2 N–H and O–H groups in total. The van der Waals surface area contributed by atoms with E-state index in [0.717, 1.165) is 6.07 Å². The molecule has 11 nitrogen and oxygen atoms in total. The van der Waals surface area contributed by atoms with Gasteiger partial charge in [0.25, 0.3) is 0 Å². The summed E-state index contributed by atoms with van der Waals surface area (Å²) >= 11 is 0. The number of hydrogen-bond donors (Lipinski definition) is 1. The predicted octanol–water partition coefficient (Wildman–Crippen LogP) is 3.18. The molecule has 0 spiro atoms. The van der Waals surface area contributed by atoms with Crippen molar-refractivity contribution in [3.8, 4) is 34.6 Å². The number of likely N-dealkylation sites (tertiary alicyclic amines) is 1. The molecule has 218 valence electrons. The lowest BCUT2D eigenvalue weighted by Crippen LogP contribution is -2.27. The largest absolute Gasteiger partial charge is 0.493 e. The zero-order chi connectivity index (χ0) is 30.0. The van der Waals surface area contributed by atoms with Gasteiger partial charge < -0.3 is 29.4 Å². The van der Waals surface area contributed by atoms with Crippen molar-refractivity contribution < 1.29 is 27.8 Å². The molecule has 1 unspecified atom stereocenters. The quantitative estimate of drug-likeness (QED) is 0.250. The minimum atomic E-state index is -0.977. The highest BCUT2D eigenvalue weighted by atomic mass is 19.1. The van der Waals surface area contributed by atoms with E-state index in [-0.39, 0.29) is 35.0 Å². The maximum absolute atomic E-state index is 15.1. The summed E-state index contributed by atoms with van der Waals surface area (Å²) in [6, 6.07) is 0.865. The smallest absolute Gasteiger partial charge is 0.246 e. The Labute approximate surface area is 240 Å². The standard InChI is InChI=1S/C29H29F2N7O4/c1-5-24(39)37-9-8-17(14-37)38-28-19(21-15-36(16-34-21)10-11-40-2)13-33-29(32)25(28)20(35-38)7-6-18-26(30)22(41-3)12-23(42-4)27(18)31/h5,12-13,15-17H,1,8-11,14H2,2-4H3,(H2,32,33). The Hall–Kier alpha value is -4.96. The van der Waals surface area contributed by atoms with Crippen LogP contribution in [-0.4, -0.2) is 76.1 Å². The van der Waals surface area contributed by atoms with Crippen LogP contribution in [0.3, 0.4) is 0 Å². The second kappa shape index (κ2) is 11.9. The molecular formula is C29H29F2N7O4. The normalized spacial score (nSPS) is 14.6. The van der Waals surface area contributed by atoms with Crippen molar-refractivity contribution in [2.24, 2.45) is 0 Å². The molecule has 3 aromatic heterocycles. The van der Waals surface area contributed by atoms with E-state index < -0.39 is 17.2 Å². The van der Waals surface area contributed by atoms with Gasteiger partial charge >= 0.3 is 0 Å². The molecule has 1 aromatic carbocycles. The van der Waals surface area contributed by atoms with Gasteiger partial charge in [0.05, 0.1) is 49.8 Å². The van der Waals surface area contributed by atoms with Gasteiger partial charge in [0, 0.05) is 50.8 Å². The van der Waals surface area contributed by atoms with Crippen molar-refractivity contribution in [2.75, 3.05) is 46.8 Å². The molecule has 0 radical (unpaired) electrons. The van der Waals surface area contributed by atoms with E-state index in [1.807, 2.05) is 10.8 Å². The average molecular weight is 578 g/mol. The Kier molecular flexibility index (Phi) is 8.08. The van der Waals surface area contributed by atoms with E-state index >= 15 is 8.78 Å². The molecule has 13 heteroatoms. The fourth-order valence-corrected chi connectivity index (χ4v) is 4.94. The van der Waals surface area contributed by atoms with Crippen LogP contribution in [0, 0.1) is 23.5 Å². The number of halogens is 2. The summed E-state index contributed by atoms with van der Waals surface area (Å²) in [7, 11) is 4.14. The van der Waals surface area contributed by atoms with Crippen LogP contribution in [0.4, 0.5) is 14.6 Å². The van der Waals surface area contributed by atoms with Crippen LogP contribution in [0.5, 0.6) is 11.5 Å². The average Bonchev–Trinajstić information content (AvgIpc) is 3.75. The highest BCUT2D eigenvalue weighted by molar-refractivity contribution is 6.01. The molecule has 4 aromatic rings. The first kappa shape index (κ1) is 28.6. The fraction of sp³-hybridized carbons (Fsp3) is 0.310. The molecule has 0 saturated carbocycles. The second-order valence-electron chi connectivity index (χ2n) is 9.53. The molecule has 1 fully saturated rings. The van der Waals surface area contributed by atoms with Crippen LogP contribution in [0.1, 0.15) is 23.7 Å². The molecule has 1 atom stereocenters. The lowest BCUT2D eigenvalue weighted by molar-refractivity contribution is -0.125. The molecule has 1 amide bonds. The van der Waals surface area contributed by atoms with Crippen LogP contribution in [-0.2, 0) is 16.1 Å². The zero-order valence-electron chi connectivity index (χ0n) is 23.4. The number of hydrogen-bond acceptors (Lipinski definition) is 8. The van der Waals surface area contributed by atoms with E-state index in [0.29, 0.717) is 54.8 Å². The van der Waals surface area contributed by atoms with Crippen LogP contribution in [0.2, 0.25) is 0 Å². The number of aromatic nitrogens is 5. The molecule has 0 aliphatic carbocycles. The number of carbonyl (C=O) groups excluding carboxylic acids is 1. The molecule has 1 saturated heterocycles. The van der Waals surface area contributed by atoms with Gasteiger partial charge in [-0.15, -0.1) is 0 Å². The summed E-state index contributed by atoms with van der Waals surface area (Å²) < 4.78 is 49.0. The second-order valence-corrected chi connectivity index (χ2v) is 9.53. The number of imidazole rings is 1. The number of nitrogens with two attached hydrogens (primary N) is 1. The number of pyridine rings is 1. The number of ether oxygens (including phenoxy) is 3. The highest BCUT2D eigenvalue weighted by Gasteiger charge is 2.31. The first-order chi connectivity index (χ1) is 20.3. The summed E-state index contributed by atoms with van der Waals surface area (Å²) in [6.07, 6.45) is 7.00. The van der Waals surface area contributed by atoms with Gasteiger partial charge in [0.1, 0.15) is 17.1 Å². The number of carbonyl (C=O) groups is 1. The molecule has 4 heterocycles. The minimum absolute atomic E-state index is 0.129. The molecule has 1 aliphatic heterocycles. The molecule has 42 heavy (non-hydrogen) atoms. The first-order valence-corrected chi connectivity index (χ1v) is 13.0. The summed E-state index contributed by atoms with van der Waals surface area (Å²) in [5.74, 6) is 2.90. The van der Waals surface area contributed by atoms with Crippen LogP contribution in [0.25, 0.3) is 22.2 Å². The number of fused-ring (bicyclic) bond motifs is 1. The number of amides is 1. The number of benzene rings is 1. The van der Waals surface area contributed by atoms with Gasteiger partial charge in [-0.1, -0.05) is 12.5 Å². The summed E-state index contributed by atoms with van der Waals surface area (Å²) in [4.78, 5) is 22.9. The predicted molar refractivity (Wildman–Crippen MR) is 151 cm³/mol. The Bertz CT molecular complexity index is 1710. The van der Waals surface area contributed by atoms with E-state index in [4.69, 9.17) is 25.0 Å². The van der Waals surface area contributed by atoms with Gasteiger partial charge in [-0.3, -0.25) is 9.48 Å². The van der Waals surface area contributed by atoms with Crippen molar-refractivity contribution in [3.63, 3.8) is 0 Å². The minimum Gasteiger partial charge on any atom is -0.493 e. The Morgan fingerprint density at radius 2 is 1.93 bits per heavy atom. The van der Waals surface area contributed by atoms with E-state index in [1.54, 1.807) is 29.2 Å². The number of methoxy groups -OCH3 is 3. The topological polar surface area (TPSA) is 123 Å². The number of rotatable bonds is 8. The monoisotopic (exact) mass is 577 g/mol. The van der Waals surface area contributed by atoms with Crippen LogP contribution < -0.4 is 15.2 Å². The third-order valence-electron chi connectivity index (χ3n) is 7.09. The van der Waals surface area contributed by atoms with Crippen molar-refractivity contribution in [1.29, 1.82) is 0 Å². The summed E-state index contributed by atoms with van der Waals surface area (Å²) in [5, 5.41) is 5.15. The zero-order valence-corrected chi connectivity index (χ0v) is 23.4. The third-order valence-corrected chi connectivity index (χ3v) is 7.09. The molecule has 0 bridgehead atoms. The van der Waals surface area contributed by atoms with Gasteiger partial charge in [0.15, 0.2) is 23.1 Å². The van der Waals surface area contributed by atoms with E-state index in [2.05, 4.69) is 28.4 Å². The van der Waals surface area contributed by atoms with E-state index in [1.165, 1.54) is 20.3 Å². The number of anilines is 1. The Morgan fingerprint density at radius 3 is 2.60 bits per heavy atom. The fourth-order valence-electron chi connectivity index (χ4n) is 4.94. The van der Waals surface area contributed by atoms with Crippen LogP contribution >= 0.6 is 0 Å². The maximum atomic E-state index is 15.1. The lowest BCUT2D eigenvalue weighted by atomic mass is 10.1. The van der Waals surface area contributed by atoms with Crippen molar-refractivity contribution in [2.45, 2.75) is 19.0 Å². The van der Waals surface area contributed by atoms with Gasteiger partial charge in [-0.2, -0.15) is 5.10 Å². The summed E-state index contributed by atoms with van der Waals surface area (Å²) in [5.41, 5.74) is 7.80. The van der Waals surface area contributed by atoms with Crippen LogP contribution in [0.15, 0.2) is 37.4 Å². The third kappa shape index (κ3) is 5.12. The van der Waals surface area contributed by atoms with Gasteiger partial charge in [0.2, 0.25) is 5.91 Å². The SMILES string of the molecule is C=CC(=O)N1CCC(n2nc(C#Cc3c(F)c(OC)cc(OC)c3F)c3c(N)ncc(-c4cn(CCOC)cn4)c32)C1. The van der Waals surface area contributed by atoms with Crippen molar-refractivity contribution in [3.05, 3.63) is 60.3 Å². The van der Waals surface area contributed by atoms with Crippen molar-refractivity contribution in [1.82, 2.24) is 29.2 Å². The maximum Gasteiger partial charge on any atom is 0.246 e. The van der Waals surface area contributed by atoms with Gasteiger partial charge in [-0.25, -0.2) is 18.7 Å². The van der Waals surface area contributed by atoms with Crippen molar-refractivity contribution >= 4 is 22.6 Å². The molecular weight excluding hydrogens is 548 g/mol. The molecule has 1 aliphatic rings. The molecule has 5 rings (SSSR count). The first-order valence-electron chi connectivity index (χ1n) is 13.0. The number of nitrogens with zero attached hydrogens (tertiary/aromatic N) is 6. The Balaban J connectivity index is 1.70. The highest BCUT2D eigenvalue weighted by Crippen LogP contribution is 2.36. The number of nitrogen functional groups attached to an aromatic ring is 1. The Morgan fingerprint density at radius 1 is 1.19 bits per heavy atom. The lowest BCUT2D eigenvalue weighted by Gasteiger charge is -2.16. The van der Waals surface area contributed by atoms with Gasteiger partial charge in [-0.05, 0) is 18.4 Å². The summed E-state index contributed by atoms with van der Waals surface area (Å²) in [6.45, 7) is 5.54.